The maximum absolute atomic E-state index is 11.9. The van der Waals surface area contributed by atoms with Gasteiger partial charge in [-0.1, -0.05) is 31.5 Å². The van der Waals surface area contributed by atoms with Crippen LogP contribution >= 0.6 is 11.6 Å². The molecule has 4 nitrogen and oxygen atoms in total. The third kappa shape index (κ3) is 3.47. The van der Waals surface area contributed by atoms with Gasteiger partial charge in [0.15, 0.2) is 0 Å². The Morgan fingerprint density at radius 2 is 1.94 bits per heavy atom. The summed E-state index contributed by atoms with van der Waals surface area (Å²) < 4.78 is 0. The number of carboxylic acid groups (broad SMARTS) is 1. The number of halogens is 1. The van der Waals surface area contributed by atoms with Crippen LogP contribution < -0.4 is 5.32 Å². The molecular formula is C13H16ClNO3. The zero-order chi connectivity index (χ0) is 13.9. The predicted octanol–water partition coefficient (Wildman–Crippen LogP) is 2.94. The van der Waals surface area contributed by atoms with Gasteiger partial charge in [0.25, 0.3) is 0 Å². The monoisotopic (exact) mass is 269 g/mol. The summed E-state index contributed by atoms with van der Waals surface area (Å²) in [6, 6.07) is 5.08. The molecule has 1 atom stereocenters. The topological polar surface area (TPSA) is 66.4 Å². The predicted molar refractivity (Wildman–Crippen MR) is 70.8 cm³/mol. The largest absolute Gasteiger partial charge is 0.481 e. The highest BCUT2D eigenvalue weighted by Gasteiger charge is 2.29. The highest BCUT2D eigenvalue weighted by molar-refractivity contribution is 6.31. The summed E-state index contributed by atoms with van der Waals surface area (Å²) in [4.78, 5) is 23.0. The van der Waals surface area contributed by atoms with Crippen LogP contribution in [-0.2, 0) is 9.59 Å². The van der Waals surface area contributed by atoms with E-state index in [1.54, 1.807) is 32.0 Å². The molecule has 0 aliphatic carbocycles. The first-order valence-electron chi connectivity index (χ1n) is 5.62. The van der Waals surface area contributed by atoms with Crippen LogP contribution in [0, 0.1) is 18.8 Å². The molecule has 0 heterocycles. The Bertz CT molecular complexity index is 471. The Kier molecular flexibility index (Phi) is 4.73. The van der Waals surface area contributed by atoms with Gasteiger partial charge in [0.1, 0.15) is 5.92 Å². The van der Waals surface area contributed by atoms with E-state index in [0.29, 0.717) is 10.7 Å². The van der Waals surface area contributed by atoms with E-state index >= 15 is 0 Å². The Balaban J connectivity index is 2.92. The van der Waals surface area contributed by atoms with Gasteiger partial charge in [0.05, 0.1) is 0 Å². The highest BCUT2D eigenvalue weighted by Crippen LogP contribution is 2.22. The van der Waals surface area contributed by atoms with Crippen LogP contribution in [0.4, 0.5) is 5.69 Å². The number of benzene rings is 1. The van der Waals surface area contributed by atoms with Crippen molar-refractivity contribution in [3.8, 4) is 0 Å². The van der Waals surface area contributed by atoms with Crippen LogP contribution in [0.15, 0.2) is 18.2 Å². The fraction of sp³-hybridized carbons (Fsp3) is 0.385. The van der Waals surface area contributed by atoms with E-state index in [-0.39, 0.29) is 5.92 Å². The van der Waals surface area contributed by atoms with E-state index in [4.69, 9.17) is 16.7 Å². The second kappa shape index (κ2) is 5.87. The van der Waals surface area contributed by atoms with Crippen LogP contribution in [0.2, 0.25) is 5.02 Å². The van der Waals surface area contributed by atoms with Crippen molar-refractivity contribution in [1.82, 2.24) is 0 Å². The molecule has 2 N–H and O–H groups in total. The first-order valence-corrected chi connectivity index (χ1v) is 6.00. The number of carbonyl (C=O) groups is 2. The number of aryl methyl sites for hydroxylation is 1. The molecule has 0 saturated carbocycles. The van der Waals surface area contributed by atoms with Gasteiger partial charge in [-0.15, -0.1) is 0 Å². The molecule has 1 aromatic rings. The molecule has 0 spiro atoms. The van der Waals surface area contributed by atoms with Gasteiger partial charge in [-0.2, -0.15) is 0 Å². The minimum absolute atomic E-state index is 0.276. The number of rotatable bonds is 4. The summed E-state index contributed by atoms with van der Waals surface area (Å²) in [5.74, 6) is -2.99. The number of nitrogens with one attached hydrogen (secondary N) is 1. The van der Waals surface area contributed by atoms with E-state index in [1.165, 1.54) is 0 Å². The van der Waals surface area contributed by atoms with E-state index in [0.717, 1.165) is 5.56 Å². The summed E-state index contributed by atoms with van der Waals surface area (Å²) in [6.45, 7) is 5.21. The lowest BCUT2D eigenvalue weighted by Crippen LogP contribution is -2.33. The maximum Gasteiger partial charge on any atom is 0.316 e. The normalized spacial score (nSPS) is 12.3. The van der Waals surface area contributed by atoms with Crippen LogP contribution in [0.3, 0.4) is 0 Å². The highest BCUT2D eigenvalue weighted by atomic mass is 35.5. The van der Waals surface area contributed by atoms with Gasteiger partial charge in [-0.3, -0.25) is 9.59 Å². The number of aliphatic carboxylic acids is 1. The third-order valence-electron chi connectivity index (χ3n) is 2.67. The van der Waals surface area contributed by atoms with Crippen molar-refractivity contribution in [3.63, 3.8) is 0 Å². The molecule has 0 aromatic heterocycles. The quantitative estimate of drug-likeness (QED) is 0.826. The van der Waals surface area contributed by atoms with Crippen LogP contribution in [0.1, 0.15) is 19.4 Å². The molecule has 1 rings (SSSR count). The SMILES string of the molecule is Cc1ccc(Cl)cc1NC(=O)C(C(=O)O)C(C)C. The molecule has 0 bridgehead atoms. The van der Waals surface area contributed by atoms with Crippen molar-refractivity contribution in [1.29, 1.82) is 0 Å². The Labute approximate surface area is 111 Å². The second-order valence-electron chi connectivity index (χ2n) is 4.51. The number of carboxylic acids is 1. The van der Waals surface area contributed by atoms with Gasteiger partial charge >= 0.3 is 5.97 Å². The number of hydrogen-bond acceptors (Lipinski definition) is 2. The lowest BCUT2D eigenvalue weighted by molar-refractivity contribution is -0.147. The molecule has 1 amide bonds. The van der Waals surface area contributed by atoms with Crippen LogP contribution in [0.25, 0.3) is 0 Å². The number of hydrogen-bond donors (Lipinski definition) is 2. The zero-order valence-electron chi connectivity index (χ0n) is 10.5. The number of amides is 1. The smallest absolute Gasteiger partial charge is 0.316 e. The number of carbonyl (C=O) groups excluding carboxylic acids is 1. The van der Waals surface area contributed by atoms with E-state index in [9.17, 15) is 9.59 Å². The molecule has 98 valence electrons. The van der Waals surface area contributed by atoms with E-state index in [1.807, 2.05) is 6.92 Å². The summed E-state index contributed by atoms with van der Waals surface area (Å²) >= 11 is 5.84. The fourth-order valence-electron chi connectivity index (χ4n) is 1.64. The molecule has 0 aliphatic heterocycles. The van der Waals surface area contributed by atoms with Crippen molar-refractivity contribution >= 4 is 29.2 Å². The summed E-state index contributed by atoms with van der Waals surface area (Å²) in [6.07, 6.45) is 0. The first-order chi connectivity index (χ1) is 8.32. The van der Waals surface area contributed by atoms with Crippen molar-refractivity contribution in [3.05, 3.63) is 28.8 Å². The Hall–Kier alpha value is -1.55. The van der Waals surface area contributed by atoms with Gasteiger partial charge < -0.3 is 10.4 Å². The van der Waals surface area contributed by atoms with E-state index < -0.39 is 17.8 Å². The summed E-state index contributed by atoms with van der Waals surface area (Å²) in [5, 5.41) is 12.1. The zero-order valence-corrected chi connectivity index (χ0v) is 11.3. The number of anilines is 1. The van der Waals surface area contributed by atoms with Gasteiger partial charge in [0, 0.05) is 10.7 Å². The van der Waals surface area contributed by atoms with Crippen LogP contribution in [0.5, 0.6) is 0 Å². The maximum atomic E-state index is 11.9. The molecule has 1 unspecified atom stereocenters. The molecular weight excluding hydrogens is 254 g/mol. The molecule has 0 radical (unpaired) electrons. The molecule has 1 aromatic carbocycles. The van der Waals surface area contributed by atoms with Crippen molar-refractivity contribution in [2.75, 3.05) is 5.32 Å². The van der Waals surface area contributed by atoms with Crippen molar-refractivity contribution in [2.45, 2.75) is 20.8 Å². The first kappa shape index (κ1) is 14.5. The lowest BCUT2D eigenvalue weighted by atomic mass is 9.95. The average Bonchev–Trinajstić information content (AvgIpc) is 2.22. The van der Waals surface area contributed by atoms with Crippen LogP contribution in [-0.4, -0.2) is 17.0 Å². The fourth-order valence-corrected chi connectivity index (χ4v) is 1.81. The molecule has 0 fully saturated rings. The molecule has 18 heavy (non-hydrogen) atoms. The molecule has 0 saturated heterocycles. The van der Waals surface area contributed by atoms with Crippen molar-refractivity contribution < 1.29 is 14.7 Å². The Morgan fingerprint density at radius 3 is 2.44 bits per heavy atom. The standard InChI is InChI=1S/C13H16ClNO3/c1-7(2)11(13(17)18)12(16)15-10-6-9(14)5-4-8(10)3/h4-7,11H,1-3H3,(H,15,16)(H,17,18). The van der Waals surface area contributed by atoms with Crippen molar-refractivity contribution in [2.24, 2.45) is 11.8 Å². The lowest BCUT2D eigenvalue weighted by Gasteiger charge is -2.17. The summed E-state index contributed by atoms with van der Waals surface area (Å²) in [5.41, 5.74) is 1.38. The van der Waals surface area contributed by atoms with Gasteiger partial charge in [-0.25, -0.2) is 0 Å². The minimum atomic E-state index is -1.12. The Morgan fingerprint density at radius 1 is 1.33 bits per heavy atom. The van der Waals surface area contributed by atoms with Gasteiger partial charge in [0.2, 0.25) is 5.91 Å². The average molecular weight is 270 g/mol. The molecule has 5 heteroatoms. The second-order valence-corrected chi connectivity index (χ2v) is 4.94. The third-order valence-corrected chi connectivity index (χ3v) is 2.91. The van der Waals surface area contributed by atoms with Gasteiger partial charge in [-0.05, 0) is 30.5 Å². The minimum Gasteiger partial charge on any atom is -0.481 e. The summed E-state index contributed by atoms with van der Waals surface area (Å²) in [7, 11) is 0. The van der Waals surface area contributed by atoms with E-state index in [2.05, 4.69) is 5.32 Å². The molecule has 0 aliphatic rings.